The summed E-state index contributed by atoms with van der Waals surface area (Å²) in [5.74, 6) is -1.87. The Morgan fingerprint density at radius 1 is 1.06 bits per heavy atom. The van der Waals surface area contributed by atoms with Crippen molar-refractivity contribution in [3.63, 3.8) is 0 Å². The van der Waals surface area contributed by atoms with Crippen molar-refractivity contribution in [2.24, 2.45) is 14.1 Å². The molecule has 2 aliphatic rings. The Morgan fingerprint density at radius 3 is 2.48 bits per heavy atom. The summed E-state index contributed by atoms with van der Waals surface area (Å²) >= 11 is 0. The van der Waals surface area contributed by atoms with Crippen molar-refractivity contribution >= 4 is 51.5 Å². The summed E-state index contributed by atoms with van der Waals surface area (Å²) in [4.78, 5) is 55.8. The van der Waals surface area contributed by atoms with E-state index in [1.54, 1.807) is 50.6 Å². The third-order valence-corrected chi connectivity index (χ3v) is 10.9. The fourth-order valence-electron chi connectivity index (χ4n) is 7.76. The number of carbonyl (C=O) groups excluding carboxylic acids is 1. The first-order chi connectivity index (χ1) is 29.9. The van der Waals surface area contributed by atoms with Crippen LogP contribution in [0.1, 0.15) is 44.3 Å². The normalized spacial score (nSPS) is 17.0. The SMILES string of the molecule is C=C(Cn1c(C2CCNCC2)cc2c(-c3ccc(=O)n(C(C)C)c3)ccnc21)C(=O)N[C@@H]1CN(c2nc(Nc3cn(C)nc3OC)c3ncn(C)c3n2)C[C@H]1F.O=C(O)C(F)(F)F. The second kappa shape index (κ2) is 17.9. The van der Waals surface area contributed by atoms with Crippen molar-refractivity contribution in [2.75, 3.05) is 43.5 Å². The summed E-state index contributed by atoms with van der Waals surface area (Å²) < 4.78 is 60.1. The van der Waals surface area contributed by atoms with Gasteiger partial charge in [0.25, 0.3) is 11.4 Å². The van der Waals surface area contributed by atoms with Crippen LogP contribution in [-0.2, 0) is 30.2 Å². The van der Waals surface area contributed by atoms with Gasteiger partial charge < -0.3 is 44.4 Å². The van der Waals surface area contributed by atoms with E-state index < -0.39 is 30.3 Å². The number of hydrogen-bond donors (Lipinski definition) is 4. The number of halogens is 4. The van der Waals surface area contributed by atoms with Crippen LogP contribution in [0.2, 0.25) is 0 Å². The molecule has 8 rings (SSSR count). The van der Waals surface area contributed by atoms with Gasteiger partial charge in [0.15, 0.2) is 17.0 Å². The van der Waals surface area contributed by atoms with Gasteiger partial charge in [-0.3, -0.25) is 14.3 Å². The molecule has 63 heavy (non-hydrogen) atoms. The topological polar surface area (TPSA) is 204 Å². The van der Waals surface area contributed by atoms with Crippen molar-refractivity contribution in [3.05, 3.63) is 77.4 Å². The third kappa shape index (κ3) is 9.34. The highest BCUT2D eigenvalue weighted by atomic mass is 19.4. The average molecular weight is 878 g/mol. The van der Waals surface area contributed by atoms with Crippen molar-refractivity contribution in [1.29, 1.82) is 0 Å². The standard InChI is InChI=1S/C39H46FN13O3.C2HF3O2/c1-22(2)52-17-25(7-8-32(52)54)26-11-14-42-35-27(26)15-31(24-9-12-41-13-10-24)53(35)16-23(3)37(55)45-29-20-51(18-28(29)40)39-46-34(33-36(47-39)49(4)21-43-33)44-30-19-50(5)48-38(30)56-6;3-2(4,5)1(6)7/h7-8,11,14-15,17,19,21-22,24,28-29,41H,3,9-10,12-13,16,18,20H2,1-2,4-6H3,(H,45,55)(H,44,46,47);(H,6,7)/t28-,29-;/m1./s1. The van der Waals surface area contributed by atoms with Crippen LogP contribution in [0.25, 0.3) is 33.3 Å². The lowest BCUT2D eigenvalue weighted by Gasteiger charge is -2.25. The minimum absolute atomic E-state index is 0.00104. The molecule has 0 aromatic carbocycles. The van der Waals surface area contributed by atoms with Gasteiger partial charge >= 0.3 is 12.1 Å². The van der Waals surface area contributed by atoms with Crippen LogP contribution in [0, 0.1) is 0 Å². The lowest BCUT2D eigenvalue weighted by atomic mass is 9.94. The van der Waals surface area contributed by atoms with Gasteiger partial charge in [-0.05, 0) is 69.1 Å². The number of aromatic nitrogens is 9. The number of alkyl halides is 4. The molecule has 334 valence electrons. The Bertz CT molecular complexity index is 2730. The maximum Gasteiger partial charge on any atom is 0.490 e. The molecular formula is C41H47F4N13O5. The number of imidazole rings is 1. The molecular weight excluding hydrogens is 831 g/mol. The van der Waals surface area contributed by atoms with Gasteiger partial charge in [0.05, 0.1) is 38.8 Å². The molecule has 2 saturated heterocycles. The molecule has 0 saturated carbocycles. The molecule has 0 bridgehead atoms. The van der Waals surface area contributed by atoms with Crippen LogP contribution < -0.4 is 31.1 Å². The van der Waals surface area contributed by atoms with E-state index in [9.17, 15) is 22.8 Å². The van der Waals surface area contributed by atoms with E-state index in [2.05, 4.69) is 43.2 Å². The highest BCUT2D eigenvalue weighted by molar-refractivity contribution is 5.96. The average Bonchev–Trinajstić information content (AvgIpc) is 4.02. The molecule has 1 amide bonds. The molecule has 6 aromatic rings. The van der Waals surface area contributed by atoms with Crippen LogP contribution in [0.4, 0.5) is 35.0 Å². The van der Waals surface area contributed by atoms with Crippen molar-refractivity contribution < 1.29 is 37.0 Å². The number of piperidine rings is 1. The highest BCUT2D eigenvalue weighted by Gasteiger charge is 2.38. The van der Waals surface area contributed by atoms with Crippen molar-refractivity contribution in [3.8, 4) is 17.0 Å². The van der Waals surface area contributed by atoms with Gasteiger partial charge in [-0.15, -0.1) is 5.10 Å². The third-order valence-electron chi connectivity index (χ3n) is 10.9. The number of fused-ring (bicyclic) bond motifs is 2. The van der Waals surface area contributed by atoms with E-state index in [-0.39, 0.29) is 42.7 Å². The molecule has 2 aliphatic heterocycles. The number of rotatable bonds is 11. The van der Waals surface area contributed by atoms with Gasteiger partial charge in [-0.1, -0.05) is 6.58 Å². The molecule has 18 nitrogen and oxygen atoms in total. The second-order valence-electron chi connectivity index (χ2n) is 15.7. The molecule has 0 radical (unpaired) electrons. The summed E-state index contributed by atoms with van der Waals surface area (Å²) in [6, 6.07) is 6.75. The summed E-state index contributed by atoms with van der Waals surface area (Å²) in [6.45, 7) is 10.2. The molecule has 0 spiro atoms. The number of methoxy groups -OCH3 is 1. The van der Waals surface area contributed by atoms with Gasteiger partial charge in [0.1, 0.15) is 17.5 Å². The Labute approximate surface area is 357 Å². The predicted octanol–water partition coefficient (Wildman–Crippen LogP) is 4.61. The molecule has 2 fully saturated rings. The molecule has 0 unspecified atom stereocenters. The van der Waals surface area contributed by atoms with Crippen molar-refractivity contribution in [2.45, 2.75) is 63.6 Å². The maximum atomic E-state index is 15.8. The zero-order chi connectivity index (χ0) is 45.3. The van der Waals surface area contributed by atoms with Gasteiger partial charge in [-0.2, -0.15) is 23.1 Å². The van der Waals surface area contributed by atoms with E-state index >= 15 is 4.39 Å². The smallest absolute Gasteiger partial charge is 0.478 e. The minimum atomic E-state index is -5.08. The lowest BCUT2D eigenvalue weighted by molar-refractivity contribution is -0.192. The number of carboxylic acid groups (broad SMARTS) is 1. The molecule has 2 atom stereocenters. The summed E-state index contributed by atoms with van der Waals surface area (Å²) in [5, 5.41) is 22.0. The number of amides is 1. The van der Waals surface area contributed by atoms with Crippen LogP contribution >= 0.6 is 0 Å². The Kier molecular flexibility index (Phi) is 12.5. The van der Waals surface area contributed by atoms with E-state index in [4.69, 9.17) is 29.6 Å². The second-order valence-corrected chi connectivity index (χ2v) is 15.7. The predicted molar refractivity (Wildman–Crippen MR) is 226 cm³/mol. The van der Waals surface area contributed by atoms with E-state index in [0.29, 0.717) is 34.5 Å². The fourth-order valence-corrected chi connectivity index (χ4v) is 7.76. The molecule has 4 N–H and O–H groups in total. The molecule has 22 heteroatoms. The number of ether oxygens (including phenoxy) is 1. The number of aliphatic carboxylic acids is 1. The Hall–Kier alpha value is -6.84. The van der Waals surface area contributed by atoms with Gasteiger partial charge in [0, 0.05) is 67.7 Å². The molecule has 0 aliphatic carbocycles. The molecule has 8 heterocycles. The molecule has 6 aromatic heterocycles. The summed E-state index contributed by atoms with van der Waals surface area (Å²) in [6.07, 6.45) is 2.45. The van der Waals surface area contributed by atoms with Crippen LogP contribution in [-0.4, -0.2) is 112 Å². The highest BCUT2D eigenvalue weighted by Crippen LogP contribution is 2.36. The monoisotopic (exact) mass is 877 g/mol. The number of pyridine rings is 2. The summed E-state index contributed by atoms with van der Waals surface area (Å²) in [5.41, 5.74) is 5.54. The first-order valence-corrected chi connectivity index (χ1v) is 20.1. The first kappa shape index (κ1) is 44.2. The van der Waals surface area contributed by atoms with E-state index in [1.165, 1.54) is 7.11 Å². The number of carbonyl (C=O) groups is 2. The summed E-state index contributed by atoms with van der Waals surface area (Å²) in [7, 11) is 5.14. The maximum absolute atomic E-state index is 15.8. The van der Waals surface area contributed by atoms with Gasteiger partial charge in [0.2, 0.25) is 11.9 Å². The number of hydrogen-bond acceptors (Lipinski definition) is 12. The largest absolute Gasteiger partial charge is 0.490 e. The zero-order valence-corrected chi connectivity index (χ0v) is 35.1. The van der Waals surface area contributed by atoms with Crippen LogP contribution in [0.3, 0.4) is 0 Å². The number of nitrogens with one attached hydrogen (secondary N) is 3. The number of aryl methyl sites for hydroxylation is 2. The van der Waals surface area contributed by atoms with E-state index in [0.717, 1.165) is 53.8 Å². The Morgan fingerprint density at radius 2 is 1.79 bits per heavy atom. The van der Waals surface area contributed by atoms with Crippen LogP contribution in [0.15, 0.2) is 66.1 Å². The lowest BCUT2D eigenvalue weighted by Crippen LogP contribution is -2.42. The van der Waals surface area contributed by atoms with Crippen molar-refractivity contribution in [1.82, 2.24) is 54.1 Å². The van der Waals surface area contributed by atoms with Crippen LogP contribution in [0.5, 0.6) is 5.88 Å². The fraction of sp³-hybridized carbons (Fsp3) is 0.415. The minimum Gasteiger partial charge on any atom is -0.478 e. The zero-order valence-electron chi connectivity index (χ0n) is 35.1. The Balaban J connectivity index is 0.000000785. The number of anilines is 3. The van der Waals surface area contributed by atoms with Gasteiger partial charge in [-0.25, -0.2) is 19.2 Å². The number of carboxylic acids is 1. The number of nitrogens with zero attached hydrogens (tertiary/aromatic N) is 10. The first-order valence-electron chi connectivity index (χ1n) is 20.1. The van der Waals surface area contributed by atoms with E-state index in [1.807, 2.05) is 39.2 Å². The quantitative estimate of drug-likeness (QED) is 0.104.